The highest BCUT2D eigenvalue weighted by Gasteiger charge is 2.19. The third kappa shape index (κ3) is 2.64. The Balaban J connectivity index is 2.05. The zero-order valence-corrected chi connectivity index (χ0v) is 11.4. The molecule has 1 aromatic heterocycles. The van der Waals surface area contributed by atoms with Crippen molar-refractivity contribution in [3.8, 4) is 11.4 Å². The van der Waals surface area contributed by atoms with Gasteiger partial charge in [-0.2, -0.15) is 0 Å². The molecule has 3 aromatic rings. The molecule has 0 aliphatic heterocycles. The fourth-order valence-corrected chi connectivity index (χ4v) is 1.99. The highest BCUT2D eigenvalue weighted by Crippen LogP contribution is 2.13. The van der Waals surface area contributed by atoms with Gasteiger partial charge in [0.15, 0.2) is 5.21 Å². The molecule has 1 heterocycles. The van der Waals surface area contributed by atoms with Gasteiger partial charge in [0.05, 0.1) is 12.6 Å². The largest absolute Gasteiger partial charge is 0.856 e. The van der Waals surface area contributed by atoms with Crippen molar-refractivity contribution in [1.82, 2.24) is 15.2 Å². The average Bonchev–Trinajstić information content (AvgIpc) is 2.89. The van der Waals surface area contributed by atoms with Crippen LogP contribution in [-0.2, 0) is 7.05 Å². The summed E-state index contributed by atoms with van der Waals surface area (Å²) in [6.07, 6.45) is 0. The monoisotopic (exact) mass is 279 g/mol. The van der Waals surface area contributed by atoms with E-state index in [1.54, 1.807) is 36.0 Å². The molecule has 3 rings (SSSR count). The summed E-state index contributed by atoms with van der Waals surface area (Å²) < 4.78 is 1.58. The summed E-state index contributed by atoms with van der Waals surface area (Å²) in [6.45, 7) is 0. The molecule has 6 nitrogen and oxygen atoms in total. The first-order valence-electron chi connectivity index (χ1n) is 6.44. The third-order valence-corrected chi connectivity index (χ3v) is 2.99. The lowest BCUT2D eigenvalue weighted by atomic mass is 10.2. The van der Waals surface area contributed by atoms with E-state index in [9.17, 15) is 5.11 Å². The van der Waals surface area contributed by atoms with Crippen molar-refractivity contribution in [2.75, 3.05) is 0 Å². The van der Waals surface area contributed by atoms with E-state index >= 15 is 0 Å². The molecule has 0 radical (unpaired) electrons. The van der Waals surface area contributed by atoms with Gasteiger partial charge in [0.25, 0.3) is 0 Å². The van der Waals surface area contributed by atoms with Crippen LogP contribution < -0.4 is 9.79 Å². The predicted molar refractivity (Wildman–Crippen MR) is 75.0 cm³/mol. The molecular weight excluding hydrogens is 266 g/mol. The van der Waals surface area contributed by atoms with Crippen LogP contribution in [-0.4, -0.2) is 21.1 Å². The Morgan fingerprint density at radius 2 is 1.67 bits per heavy atom. The summed E-state index contributed by atoms with van der Waals surface area (Å²) in [6, 6.07) is 18.4. The Labute approximate surface area is 121 Å². The molecule has 21 heavy (non-hydrogen) atoms. The highest BCUT2D eigenvalue weighted by molar-refractivity contribution is 5.90. The molecule has 0 N–H and O–H groups in total. The van der Waals surface area contributed by atoms with Gasteiger partial charge in [0.1, 0.15) is 5.21 Å². The minimum absolute atomic E-state index is 0.363. The summed E-state index contributed by atoms with van der Waals surface area (Å²) in [5.41, 5.74) is 1.39. The number of aryl methyl sites for hydroxylation is 1. The predicted octanol–water partition coefficient (Wildman–Crippen LogP) is 0.340. The number of benzene rings is 2. The Kier molecular flexibility index (Phi) is 3.42. The van der Waals surface area contributed by atoms with Crippen LogP contribution in [0.1, 0.15) is 5.56 Å². The lowest BCUT2D eigenvalue weighted by molar-refractivity contribution is -0.721. The average molecular weight is 279 g/mol. The molecule has 0 spiro atoms. The maximum Gasteiger partial charge on any atom is 0.317 e. The van der Waals surface area contributed by atoms with E-state index in [-0.39, 0.29) is 5.90 Å². The normalized spacial score (nSPS) is 11.6. The molecule has 0 aliphatic rings. The minimum atomic E-state index is -0.363. The lowest BCUT2D eigenvalue weighted by Crippen LogP contribution is -2.33. The van der Waals surface area contributed by atoms with Crippen LogP contribution in [0.2, 0.25) is 0 Å². The van der Waals surface area contributed by atoms with Gasteiger partial charge >= 0.3 is 5.82 Å². The van der Waals surface area contributed by atoms with Gasteiger partial charge in [-0.25, -0.2) is 0 Å². The zero-order chi connectivity index (χ0) is 14.7. The van der Waals surface area contributed by atoms with E-state index in [0.29, 0.717) is 11.4 Å². The third-order valence-electron chi connectivity index (χ3n) is 2.99. The summed E-state index contributed by atoms with van der Waals surface area (Å²) in [5.74, 6) is 0.276. The SMILES string of the molecule is C[n+]1nnn(/N=C(\[O-])c2ccccc2)c1-c1ccccc1. The zero-order valence-electron chi connectivity index (χ0n) is 11.4. The molecule has 0 aliphatic carbocycles. The molecule has 0 saturated heterocycles. The Morgan fingerprint density at radius 1 is 1.05 bits per heavy atom. The van der Waals surface area contributed by atoms with Gasteiger partial charge < -0.3 is 5.11 Å². The van der Waals surface area contributed by atoms with Gasteiger partial charge in [-0.1, -0.05) is 53.6 Å². The van der Waals surface area contributed by atoms with Gasteiger partial charge in [-0.05, 0) is 17.7 Å². The number of hydrogen-bond acceptors (Lipinski definition) is 4. The Bertz CT molecular complexity index is 765. The second-order valence-corrected chi connectivity index (χ2v) is 4.45. The smallest absolute Gasteiger partial charge is 0.317 e. The molecule has 0 fully saturated rings. The van der Waals surface area contributed by atoms with Gasteiger partial charge in [-0.3, -0.25) is 0 Å². The second kappa shape index (κ2) is 5.54. The number of nitrogens with zero attached hydrogens (tertiary/aromatic N) is 5. The maximum atomic E-state index is 12.1. The molecular formula is C15H13N5O. The maximum absolute atomic E-state index is 12.1. The molecule has 0 unspecified atom stereocenters. The van der Waals surface area contributed by atoms with E-state index < -0.39 is 0 Å². The van der Waals surface area contributed by atoms with Crippen LogP contribution in [0.4, 0.5) is 0 Å². The lowest BCUT2D eigenvalue weighted by Gasteiger charge is -2.07. The van der Waals surface area contributed by atoms with E-state index in [1.165, 1.54) is 4.79 Å². The summed E-state index contributed by atoms with van der Waals surface area (Å²) in [7, 11) is 1.76. The number of hydrogen-bond donors (Lipinski definition) is 0. The topological polar surface area (TPSA) is 70.0 Å². The first-order valence-corrected chi connectivity index (χ1v) is 6.44. The summed E-state index contributed by atoms with van der Waals surface area (Å²) in [5, 5.41) is 24.0. The quantitative estimate of drug-likeness (QED) is 0.394. The van der Waals surface area contributed by atoms with Crippen LogP contribution in [0.5, 0.6) is 0 Å². The molecule has 6 heteroatoms. The first kappa shape index (κ1) is 13.0. The number of tetrazole rings is 1. The summed E-state index contributed by atoms with van der Waals surface area (Å²) in [4.78, 5) is 1.25. The number of aromatic nitrogens is 4. The Morgan fingerprint density at radius 3 is 2.33 bits per heavy atom. The van der Waals surface area contributed by atoms with Crippen LogP contribution in [0.3, 0.4) is 0 Å². The van der Waals surface area contributed by atoms with Crippen LogP contribution >= 0.6 is 0 Å². The standard InChI is InChI=1S/C15H13N5O/c1-19-15(13-10-6-3-7-11-13)20(18-17-19)16-14(21)12-8-4-2-5-9-12/h2-11H,1H3. The second-order valence-electron chi connectivity index (χ2n) is 4.45. The molecule has 0 saturated carbocycles. The van der Waals surface area contributed by atoms with Crippen molar-refractivity contribution in [3.63, 3.8) is 0 Å². The minimum Gasteiger partial charge on any atom is -0.856 e. The van der Waals surface area contributed by atoms with Crippen molar-refractivity contribution in [2.24, 2.45) is 12.1 Å². The van der Waals surface area contributed by atoms with E-state index in [4.69, 9.17) is 0 Å². The van der Waals surface area contributed by atoms with Gasteiger partial charge in [0.2, 0.25) is 0 Å². The van der Waals surface area contributed by atoms with Crippen LogP contribution in [0.25, 0.3) is 11.4 Å². The Hall–Kier alpha value is -3.02. The van der Waals surface area contributed by atoms with Crippen molar-refractivity contribution in [2.45, 2.75) is 0 Å². The van der Waals surface area contributed by atoms with E-state index in [1.807, 2.05) is 36.4 Å². The molecule has 104 valence electrons. The summed E-state index contributed by atoms with van der Waals surface area (Å²) >= 11 is 0. The van der Waals surface area contributed by atoms with Gasteiger partial charge in [0, 0.05) is 10.7 Å². The molecule has 0 amide bonds. The van der Waals surface area contributed by atoms with Crippen molar-refractivity contribution in [1.29, 1.82) is 0 Å². The fourth-order valence-electron chi connectivity index (χ4n) is 1.99. The highest BCUT2D eigenvalue weighted by atomic mass is 16.3. The molecule has 2 aromatic carbocycles. The molecule has 0 bridgehead atoms. The van der Waals surface area contributed by atoms with Crippen LogP contribution in [0, 0.1) is 0 Å². The van der Waals surface area contributed by atoms with Crippen LogP contribution in [0.15, 0.2) is 65.8 Å². The van der Waals surface area contributed by atoms with E-state index in [0.717, 1.165) is 5.56 Å². The molecule has 0 atom stereocenters. The van der Waals surface area contributed by atoms with Crippen molar-refractivity contribution < 1.29 is 9.79 Å². The van der Waals surface area contributed by atoms with Crippen molar-refractivity contribution in [3.05, 3.63) is 66.2 Å². The first-order chi connectivity index (χ1) is 10.3. The van der Waals surface area contributed by atoms with Gasteiger partial charge in [-0.15, -0.1) is 4.68 Å². The van der Waals surface area contributed by atoms with Crippen molar-refractivity contribution >= 4 is 5.90 Å². The fraction of sp³-hybridized carbons (Fsp3) is 0.0667. The van der Waals surface area contributed by atoms with E-state index in [2.05, 4.69) is 15.5 Å². The number of rotatable bonds is 3.